The zero-order valence-corrected chi connectivity index (χ0v) is 8.06. The fraction of sp³-hybridized carbons (Fsp3) is 0.875. The molecule has 1 aliphatic rings. The molecule has 1 saturated heterocycles. The van der Waals surface area contributed by atoms with Crippen LogP contribution in [0.4, 0.5) is 0 Å². The van der Waals surface area contributed by atoms with Crippen LogP contribution in [0.3, 0.4) is 0 Å². The summed E-state index contributed by atoms with van der Waals surface area (Å²) in [5, 5.41) is 11.7. The van der Waals surface area contributed by atoms with Gasteiger partial charge >= 0.3 is 5.97 Å². The van der Waals surface area contributed by atoms with E-state index in [1.54, 1.807) is 0 Å². The van der Waals surface area contributed by atoms with Gasteiger partial charge in [0.25, 0.3) is 0 Å². The van der Waals surface area contributed by atoms with E-state index in [2.05, 4.69) is 12.2 Å². The summed E-state index contributed by atoms with van der Waals surface area (Å²) in [5.41, 5.74) is 0. The minimum atomic E-state index is -0.694. The van der Waals surface area contributed by atoms with Crippen LogP contribution in [-0.2, 0) is 4.79 Å². The van der Waals surface area contributed by atoms with Crippen LogP contribution in [0.15, 0.2) is 0 Å². The standard InChI is InChI=1S/C8H15NO2.ClH/c1-2-3-6-4-5-9-7(6)8(10)11;/h6-7,9H,2-5H2,1H3,(H,10,11);1H. The molecule has 0 radical (unpaired) electrons. The smallest absolute Gasteiger partial charge is 0.320 e. The van der Waals surface area contributed by atoms with E-state index < -0.39 is 5.97 Å². The summed E-state index contributed by atoms with van der Waals surface area (Å²) >= 11 is 0. The predicted octanol–water partition coefficient (Wildman–Crippen LogP) is 1.27. The van der Waals surface area contributed by atoms with E-state index in [9.17, 15) is 4.79 Å². The van der Waals surface area contributed by atoms with Gasteiger partial charge in [0.05, 0.1) is 0 Å². The van der Waals surface area contributed by atoms with Gasteiger partial charge in [-0.25, -0.2) is 0 Å². The third kappa shape index (κ3) is 2.64. The Kier molecular flexibility index (Phi) is 5.25. The van der Waals surface area contributed by atoms with Gasteiger partial charge in [-0.2, -0.15) is 0 Å². The van der Waals surface area contributed by atoms with E-state index in [4.69, 9.17) is 5.11 Å². The highest BCUT2D eigenvalue weighted by Gasteiger charge is 2.31. The van der Waals surface area contributed by atoms with Crippen LogP contribution >= 0.6 is 12.4 Å². The molecule has 0 bridgehead atoms. The zero-order chi connectivity index (χ0) is 8.27. The summed E-state index contributed by atoms with van der Waals surface area (Å²) in [6, 6.07) is -0.282. The molecule has 72 valence electrons. The van der Waals surface area contributed by atoms with Gasteiger partial charge in [0.1, 0.15) is 6.04 Å². The van der Waals surface area contributed by atoms with Gasteiger partial charge in [-0.05, 0) is 25.3 Å². The van der Waals surface area contributed by atoms with E-state index in [1.807, 2.05) is 0 Å². The molecule has 1 heterocycles. The minimum Gasteiger partial charge on any atom is -0.480 e. The second-order valence-corrected chi connectivity index (χ2v) is 3.11. The lowest BCUT2D eigenvalue weighted by atomic mass is 9.96. The monoisotopic (exact) mass is 193 g/mol. The van der Waals surface area contributed by atoms with Crippen molar-refractivity contribution in [2.24, 2.45) is 5.92 Å². The summed E-state index contributed by atoms with van der Waals surface area (Å²) < 4.78 is 0. The molecule has 0 spiro atoms. The Morgan fingerprint density at radius 2 is 2.33 bits per heavy atom. The van der Waals surface area contributed by atoms with Crippen molar-refractivity contribution in [3.05, 3.63) is 0 Å². The highest BCUT2D eigenvalue weighted by Crippen LogP contribution is 2.20. The quantitative estimate of drug-likeness (QED) is 0.710. The second kappa shape index (κ2) is 5.38. The summed E-state index contributed by atoms with van der Waals surface area (Å²) in [6.45, 7) is 2.96. The lowest BCUT2D eigenvalue weighted by Crippen LogP contribution is -2.35. The topological polar surface area (TPSA) is 49.3 Å². The number of hydrogen-bond acceptors (Lipinski definition) is 2. The first kappa shape index (κ1) is 11.7. The maximum Gasteiger partial charge on any atom is 0.320 e. The largest absolute Gasteiger partial charge is 0.480 e. The third-order valence-corrected chi connectivity index (χ3v) is 2.28. The normalized spacial score (nSPS) is 28.1. The highest BCUT2D eigenvalue weighted by molar-refractivity contribution is 5.85. The van der Waals surface area contributed by atoms with Crippen molar-refractivity contribution < 1.29 is 9.90 Å². The molecule has 1 aliphatic heterocycles. The van der Waals surface area contributed by atoms with Crippen molar-refractivity contribution in [3.8, 4) is 0 Å². The molecule has 0 aromatic heterocycles. The zero-order valence-electron chi connectivity index (χ0n) is 7.25. The van der Waals surface area contributed by atoms with Gasteiger partial charge in [-0.3, -0.25) is 4.79 Å². The van der Waals surface area contributed by atoms with Crippen molar-refractivity contribution >= 4 is 18.4 Å². The van der Waals surface area contributed by atoms with E-state index in [1.165, 1.54) is 0 Å². The average molecular weight is 194 g/mol. The lowest BCUT2D eigenvalue weighted by Gasteiger charge is -2.13. The number of carbonyl (C=O) groups is 1. The molecule has 0 aromatic rings. The third-order valence-electron chi connectivity index (χ3n) is 2.28. The van der Waals surface area contributed by atoms with Gasteiger partial charge in [0, 0.05) is 0 Å². The maximum absolute atomic E-state index is 10.6. The van der Waals surface area contributed by atoms with Crippen LogP contribution in [0.5, 0.6) is 0 Å². The second-order valence-electron chi connectivity index (χ2n) is 3.11. The Hall–Kier alpha value is -0.280. The fourth-order valence-corrected chi connectivity index (χ4v) is 1.73. The molecule has 0 aliphatic carbocycles. The molecule has 0 saturated carbocycles. The van der Waals surface area contributed by atoms with Gasteiger partial charge in [-0.15, -0.1) is 12.4 Å². The SMILES string of the molecule is CCCC1CCNC1C(=O)O.Cl. The predicted molar refractivity (Wildman–Crippen MR) is 49.7 cm³/mol. The average Bonchev–Trinajstić information content (AvgIpc) is 2.36. The van der Waals surface area contributed by atoms with Gasteiger partial charge in [0.15, 0.2) is 0 Å². The summed E-state index contributed by atoms with van der Waals surface area (Å²) in [6.07, 6.45) is 3.13. The Bertz CT molecular complexity index is 152. The molecule has 2 atom stereocenters. The van der Waals surface area contributed by atoms with Gasteiger partial charge in [0.2, 0.25) is 0 Å². The highest BCUT2D eigenvalue weighted by atomic mass is 35.5. The molecule has 1 fully saturated rings. The van der Waals surface area contributed by atoms with Crippen molar-refractivity contribution in [3.63, 3.8) is 0 Å². The van der Waals surface area contributed by atoms with Crippen LogP contribution in [0.25, 0.3) is 0 Å². The van der Waals surface area contributed by atoms with Crippen LogP contribution in [-0.4, -0.2) is 23.7 Å². The molecule has 0 amide bonds. The van der Waals surface area contributed by atoms with E-state index in [-0.39, 0.29) is 18.4 Å². The number of carboxylic acid groups (broad SMARTS) is 1. The maximum atomic E-state index is 10.6. The Morgan fingerprint density at radius 1 is 1.67 bits per heavy atom. The van der Waals surface area contributed by atoms with Crippen molar-refractivity contribution in [1.82, 2.24) is 5.32 Å². The molecule has 2 unspecified atom stereocenters. The van der Waals surface area contributed by atoms with Crippen LogP contribution < -0.4 is 5.32 Å². The van der Waals surface area contributed by atoms with Crippen LogP contribution in [0, 0.1) is 5.92 Å². The van der Waals surface area contributed by atoms with E-state index in [0.29, 0.717) is 5.92 Å². The van der Waals surface area contributed by atoms with Gasteiger partial charge < -0.3 is 10.4 Å². The lowest BCUT2D eigenvalue weighted by molar-refractivity contribution is -0.140. The molecule has 12 heavy (non-hydrogen) atoms. The summed E-state index contributed by atoms with van der Waals surface area (Å²) in [5.74, 6) is -0.335. The number of halogens is 1. The molecular weight excluding hydrogens is 178 g/mol. The first-order chi connectivity index (χ1) is 5.25. The molecule has 0 aromatic carbocycles. The number of hydrogen-bond donors (Lipinski definition) is 2. The molecule has 4 heteroatoms. The van der Waals surface area contributed by atoms with Crippen molar-refractivity contribution in [2.75, 3.05) is 6.54 Å². The first-order valence-electron chi connectivity index (χ1n) is 4.22. The Labute approximate surface area is 78.9 Å². The van der Waals surface area contributed by atoms with E-state index >= 15 is 0 Å². The first-order valence-corrected chi connectivity index (χ1v) is 4.22. The van der Waals surface area contributed by atoms with Crippen LogP contribution in [0.2, 0.25) is 0 Å². The van der Waals surface area contributed by atoms with Gasteiger partial charge in [-0.1, -0.05) is 13.3 Å². The molecule has 2 N–H and O–H groups in total. The minimum absolute atomic E-state index is 0. The summed E-state index contributed by atoms with van der Waals surface area (Å²) in [7, 11) is 0. The van der Waals surface area contributed by atoms with Crippen molar-refractivity contribution in [1.29, 1.82) is 0 Å². The number of carboxylic acids is 1. The molecule has 3 nitrogen and oxygen atoms in total. The fourth-order valence-electron chi connectivity index (χ4n) is 1.73. The van der Waals surface area contributed by atoms with Crippen LogP contribution in [0.1, 0.15) is 26.2 Å². The number of rotatable bonds is 3. The Morgan fingerprint density at radius 3 is 2.83 bits per heavy atom. The Balaban J connectivity index is 0.00000121. The molecule has 1 rings (SSSR count). The summed E-state index contributed by atoms with van der Waals surface area (Å²) in [4.78, 5) is 10.6. The van der Waals surface area contributed by atoms with E-state index in [0.717, 1.165) is 25.8 Å². The van der Waals surface area contributed by atoms with Crippen molar-refractivity contribution in [2.45, 2.75) is 32.2 Å². The number of nitrogens with one attached hydrogen (secondary N) is 1. The number of aliphatic carboxylic acids is 1. The molecular formula is C8H16ClNO2.